The van der Waals surface area contributed by atoms with Gasteiger partial charge < -0.3 is 15.2 Å². The van der Waals surface area contributed by atoms with E-state index in [1.807, 2.05) is 13.8 Å². The summed E-state index contributed by atoms with van der Waals surface area (Å²) in [7, 11) is 0. The molecule has 0 aliphatic heterocycles. The Kier molecular flexibility index (Phi) is 6.42. The van der Waals surface area contributed by atoms with E-state index in [0.717, 1.165) is 6.07 Å². The Morgan fingerprint density at radius 2 is 1.90 bits per heavy atom. The van der Waals surface area contributed by atoms with E-state index in [9.17, 15) is 22.7 Å². The molecule has 0 aliphatic carbocycles. The third-order valence-electron chi connectivity index (χ3n) is 2.57. The highest BCUT2D eigenvalue weighted by Gasteiger charge is 2.34. The summed E-state index contributed by atoms with van der Waals surface area (Å²) in [5.74, 6) is -0.995. The predicted octanol–water partition coefficient (Wildman–Crippen LogP) is 3.29. The zero-order chi connectivity index (χ0) is 16.0. The number of aliphatic hydroxyl groups is 1. The standard InChI is InChI=1S/C14H19F4NO2/c1-9(2)7-21-8-11(20)6-19-10-3-4-13(15)12(5-10)14(16,17)18/h3-5,9,11,19-20H,6-8H2,1-2H3. The molecule has 0 bridgehead atoms. The van der Waals surface area contributed by atoms with Gasteiger partial charge in [0.15, 0.2) is 0 Å². The molecule has 1 aromatic carbocycles. The van der Waals surface area contributed by atoms with Crippen molar-refractivity contribution in [1.82, 2.24) is 0 Å². The molecule has 7 heteroatoms. The molecule has 0 saturated carbocycles. The van der Waals surface area contributed by atoms with E-state index in [4.69, 9.17) is 4.74 Å². The lowest BCUT2D eigenvalue weighted by atomic mass is 10.1. The van der Waals surface area contributed by atoms with Crippen LogP contribution in [0, 0.1) is 11.7 Å². The maximum absolute atomic E-state index is 13.1. The van der Waals surface area contributed by atoms with Gasteiger partial charge in [-0.2, -0.15) is 13.2 Å². The fraction of sp³-hybridized carbons (Fsp3) is 0.571. The molecule has 0 amide bonds. The van der Waals surface area contributed by atoms with Crippen LogP contribution >= 0.6 is 0 Å². The van der Waals surface area contributed by atoms with E-state index >= 15 is 0 Å². The van der Waals surface area contributed by atoms with Crippen LogP contribution < -0.4 is 5.32 Å². The molecule has 1 atom stereocenters. The Labute approximate surface area is 120 Å². The summed E-state index contributed by atoms with van der Waals surface area (Å²) in [6.07, 6.45) is -5.61. The Balaban J connectivity index is 2.52. The van der Waals surface area contributed by atoms with Gasteiger partial charge in [0, 0.05) is 18.8 Å². The van der Waals surface area contributed by atoms with E-state index in [0.29, 0.717) is 18.6 Å². The highest BCUT2D eigenvalue weighted by molar-refractivity contribution is 5.47. The van der Waals surface area contributed by atoms with Crippen molar-refractivity contribution in [3.8, 4) is 0 Å². The summed E-state index contributed by atoms with van der Waals surface area (Å²) in [4.78, 5) is 0. The topological polar surface area (TPSA) is 41.5 Å². The van der Waals surface area contributed by atoms with Gasteiger partial charge in [-0.3, -0.25) is 0 Å². The number of anilines is 1. The summed E-state index contributed by atoms with van der Waals surface area (Å²) >= 11 is 0. The first-order chi connectivity index (χ1) is 9.70. The Morgan fingerprint density at radius 1 is 1.24 bits per heavy atom. The van der Waals surface area contributed by atoms with Gasteiger partial charge in [0.1, 0.15) is 5.82 Å². The van der Waals surface area contributed by atoms with Crippen molar-refractivity contribution in [1.29, 1.82) is 0 Å². The van der Waals surface area contributed by atoms with E-state index < -0.39 is 23.7 Å². The quantitative estimate of drug-likeness (QED) is 0.760. The summed E-state index contributed by atoms with van der Waals surface area (Å²) in [5, 5.41) is 12.2. The number of benzene rings is 1. The van der Waals surface area contributed by atoms with E-state index in [1.54, 1.807) is 0 Å². The normalized spacial score (nSPS) is 13.5. The first-order valence-electron chi connectivity index (χ1n) is 6.56. The van der Waals surface area contributed by atoms with Crippen LogP contribution in [0.2, 0.25) is 0 Å². The molecular formula is C14H19F4NO2. The fourth-order valence-electron chi connectivity index (χ4n) is 1.59. The van der Waals surface area contributed by atoms with Crippen molar-refractivity contribution in [2.24, 2.45) is 5.92 Å². The van der Waals surface area contributed by atoms with Crippen LogP contribution in [0.15, 0.2) is 18.2 Å². The molecule has 0 saturated heterocycles. The number of rotatable bonds is 7. The average Bonchev–Trinajstić information content (AvgIpc) is 2.36. The minimum Gasteiger partial charge on any atom is -0.389 e. The smallest absolute Gasteiger partial charge is 0.389 e. The molecule has 0 heterocycles. The van der Waals surface area contributed by atoms with Gasteiger partial charge >= 0.3 is 6.18 Å². The lowest BCUT2D eigenvalue weighted by Crippen LogP contribution is -2.25. The van der Waals surface area contributed by atoms with E-state index in [1.165, 1.54) is 6.07 Å². The van der Waals surface area contributed by atoms with Crippen LogP contribution in [0.25, 0.3) is 0 Å². The lowest BCUT2D eigenvalue weighted by molar-refractivity contribution is -0.139. The Hall–Kier alpha value is -1.34. The summed E-state index contributed by atoms with van der Waals surface area (Å²) in [6, 6.07) is 2.61. The summed E-state index contributed by atoms with van der Waals surface area (Å²) < 4.78 is 55.9. The third kappa shape index (κ3) is 6.31. The molecule has 0 aliphatic rings. The van der Waals surface area contributed by atoms with Crippen molar-refractivity contribution < 1.29 is 27.4 Å². The molecule has 0 radical (unpaired) electrons. The van der Waals surface area contributed by atoms with Gasteiger partial charge in [-0.25, -0.2) is 4.39 Å². The maximum atomic E-state index is 13.1. The third-order valence-corrected chi connectivity index (χ3v) is 2.57. The zero-order valence-corrected chi connectivity index (χ0v) is 11.9. The number of halogens is 4. The number of ether oxygens (including phenoxy) is 1. The maximum Gasteiger partial charge on any atom is 0.419 e. The van der Waals surface area contributed by atoms with E-state index in [-0.39, 0.29) is 18.8 Å². The molecule has 120 valence electrons. The number of nitrogens with one attached hydrogen (secondary N) is 1. The number of hydrogen-bond acceptors (Lipinski definition) is 3. The second-order valence-corrected chi connectivity index (χ2v) is 5.16. The molecular weight excluding hydrogens is 290 g/mol. The Morgan fingerprint density at radius 3 is 2.48 bits per heavy atom. The first kappa shape index (κ1) is 17.7. The van der Waals surface area contributed by atoms with Gasteiger partial charge in [0.25, 0.3) is 0 Å². The van der Waals surface area contributed by atoms with Gasteiger partial charge in [-0.15, -0.1) is 0 Å². The first-order valence-corrected chi connectivity index (χ1v) is 6.56. The lowest BCUT2D eigenvalue weighted by Gasteiger charge is -2.15. The predicted molar refractivity (Wildman–Crippen MR) is 71.6 cm³/mol. The van der Waals surface area contributed by atoms with Crippen LogP contribution in [0.5, 0.6) is 0 Å². The minimum atomic E-state index is -4.75. The molecule has 1 unspecified atom stereocenters. The molecule has 0 fully saturated rings. The monoisotopic (exact) mass is 309 g/mol. The van der Waals surface area contributed by atoms with Crippen LogP contribution in [0.4, 0.5) is 23.2 Å². The molecule has 3 nitrogen and oxygen atoms in total. The SMILES string of the molecule is CC(C)COCC(O)CNc1ccc(F)c(C(F)(F)F)c1. The number of aliphatic hydroxyl groups excluding tert-OH is 1. The van der Waals surface area contributed by atoms with Crippen molar-refractivity contribution in [2.75, 3.05) is 25.1 Å². The van der Waals surface area contributed by atoms with E-state index in [2.05, 4.69) is 5.32 Å². The molecule has 2 N–H and O–H groups in total. The van der Waals surface area contributed by atoms with Crippen LogP contribution in [0.1, 0.15) is 19.4 Å². The molecule has 21 heavy (non-hydrogen) atoms. The number of alkyl halides is 3. The van der Waals surface area contributed by atoms with Crippen LogP contribution in [-0.2, 0) is 10.9 Å². The highest BCUT2D eigenvalue weighted by atomic mass is 19.4. The highest BCUT2D eigenvalue weighted by Crippen LogP contribution is 2.32. The van der Waals surface area contributed by atoms with Gasteiger partial charge in [0.05, 0.1) is 18.3 Å². The molecule has 0 aromatic heterocycles. The van der Waals surface area contributed by atoms with Crippen molar-refractivity contribution in [3.05, 3.63) is 29.6 Å². The molecule has 1 aromatic rings. The largest absolute Gasteiger partial charge is 0.419 e. The van der Waals surface area contributed by atoms with Crippen LogP contribution in [-0.4, -0.2) is 31.0 Å². The van der Waals surface area contributed by atoms with Crippen molar-refractivity contribution in [2.45, 2.75) is 26.1 Å². The minimum absolute atomic E-state index is 0.0149. The van der Waals surface area contributed by atoms with Crippen LogP contribution in [0.3, 0.4) is 0 Å². The molecule has 1 rings (SSSR count). The molecule has 0 spiro atoms. The van der Waals surface area contributed by atoms with Crippen molar-refractivity contribution >= 4 is 5.69 Å². The average molecular weight is 309 g/mol. The zero-order valence-electron chi connectivity index (χ0n) is 11.9. The second kappa shape index (κ2) is 7.61. The summed E-state index contributed by atoms with van der Waals surface area (Å²) in [5.41, 5.74) is -1.25. The summed E-state index contributed by atoms with van der Waals surface area (Å²) in [6.45, 7) is 4.51. The fourth-order valence-corrected chi connectivity index (χ4v) is 1.59. The number of hydrogen-bond donors (Lipinski definition) is 2. The van der Waals surface area contributed by atoms with Gasteiger partial charge in [-0.05, 0) is 24.1 Å². The second-order valence-electron chi connectivity index (χ2n) is 5.16. The van der Waals surface area contributed by atoms with Gasteiger partial charge in [0.2, 0.25) is 0 Å². The van der Waals surface area contributed by atoms with Gasteiger partial charge in [-0.1, -0.05) is 13.8 Å². The van der Waals surface area contributed by atoms with Crippen molar-refractivity contribution in [3.63, 3.8) is 0 Å². The Bertz CT molecular complexity index is 449.